The summed E-state index contributed by atoms with van der Waals surface area (Å²) in [5.41, 5.74) is 0. The summed E-state index contributed by atoms with van der Waals surface area (Å²) in [5, 5.41) is 0. The van der Waals surface area contributed by atoms with Gasteiger partial charge in [0.05, 0.1) is 0 Å². The van der Waals surface area contributed by atoms with Crippen LogP contribution in [0.5, 0.6) is 0 Å². The van der Waals surface area contributed by atoms with E-state index in [9.17, 15) is 4.79 Å². The maximum absolute atomic E-state index is 12.6. The van der Waals surface area contributed by atoms with Crippen LogP contribution in [-0.4, -0.2) is 40.0 Å². The fraction of sp³-hybridized carbons (Fsp3) is 0.929. The van der Waals surface area contributed by atoms with Crippen molar-refractivity contribution in [1.82, 2.24) is 4.90 Å². The van der Waals surface area contributed by atoms with E-state index in [0.717, 1.165) is 26.0 Å². The normalized spacial score (nSPS) is 27.5. The van der Waals surface area contributed by atoms with Crippen LogP contribution in [0.15, 0.2) is 0 Å². The van der Waals surface area contributed by atoms with Gasteiger partial charge in [-0.1, -0.05) is 0 Å². The molecule has 1 fully saturated rings. The van der Waals surface area contributed by atoms with Crippen molar-refractivity contribution in [1.29, 1.82) is 0 Å². The molecule has 4 heteroatoms. The SMILES string of the molecule is CCC(C)C(C)C(=O)N1CC(COC)C[C@H]1[I-]C. The molecule has 4 atom stereocenters. The van der Waals surface area contributed by atoms with Gasteiger partial charge >= 0.3 is 122 Å². The zero-order chi connectivity index (χ0) is 13.7. The Hall–Kier alpha value is 0.160. The third-order valence-corrected chi connectivity index (χ3v) is 6.76. The minimum absolute atomic E-state index is 0.0912. The quantitative estimate of drug-likeness (QED) is 0.349. The molecule has 1 rings (SSSR count). The second-order valence-corrected chi connectivity index (χ2v) is 8.06. The minimum atomic E-state index is 0.0912. The van der Waals surface area contributed by atoms with Gasteiger partial charge in [0.1, 0.15) is 0 Å². The van der Waals surface area contributed by atoms with Gasteiger partial charge < -0.3 is 0 Å². The average molecular weight is 368 g/mol. The van der Waals surface area contributed by atoms with Gasteiger partial charge in [-0.15, -0.1) is 0 Å². The summed E-state index contributed by atoms with van der Waals surface area (Å²) in [4.78, 5) is 17.0. The van der Waals surface area contributed by atoms with Crippen LogP contribution in [0.1, 0.15) is 33.6 Å². The number of methoxy groups -OCH3 is 1. The van der Waals surface area contributed by atoms with Gasteiger partial charge in [0.15, 0.2) is 0 Å². The van der Waals surface area contributed by atoms with Gasteiger partial charge in [-0.05, 0) is 0 Å². The monoisotopic (exact) mass is 368 g/mol. The molecule has 0 aliphatic carbocycles. The number of ether oxygens (including phenoxy) is 1. The predicted molar refractivity (Wildman–Crippen MR) is 70.0 cm³/mol. The number of hydrogen-bond acceptors (Lipinski definition) is 2. The first-order valence-corrected chi connectivity index (χ1v) is 10.2. The first kappa shape index (κ1) is 16.2. The standard InChI is InChI=1S/C14H27INO2/c1-6-10(2)11(3)14(17)16-8-12(9-18-5)7-13(16)15-4/h10-13H,6-9H2,1-5H3/q-1/t10?,11?,12?,13-/m0/s1. The molecule has 0 radical (unpaired) electrons. The van der Waals surface area contributed by atoms with Crippen LogP contribution in [0.2, 0.25) is 0 Å². The predicted octanol–water partition coefficient (Wildman–Crippen LogP) is -0.792. The number of carbonyl (C=O) groups is 1. The van der Waals surface area contributed by atoms with E-state index in [1.165, 1.54) is 0 Å². The molecule has 0 N–H and O–H groups in total. The first-order chi connectivity index (χ1) is 8.54. The molecule has 1 amide bonds. The van der Waals surface area contributed by atoms with Crippen molar-refractivity contribution < 1.29 is 30.7 Å². The van der Waals surface area contributed by atoms with Gasteiger partial charge in [0.2, 0.25) is 0 Å². The Morgan fingerprint density at radius 1 is 1.50 bits per heavy atom. The van der Waals surface area contributed by atoms with E-state index in [-0.39, 0.29) is 27.1 Å². The third-order valence-electron chi connectivity index (χ3n) is 4.15. The first-order valence-electron chi connectivity index (χ1n) is 6.82. The summed E-state index contributed by atoms with van der Waals surface area (Å²) in [5.74, 6) is 1.56. The van der Waals surface area contributed by atoms with E-state index in [1.54, 1.807) is 7.11 Å². The van der Waals surface area contributed by atoms with Crippen molar-refractivity contribution >= 4 is 5.91 Å². The Morgan fingerprint density at radius 3 is 2.67 bits per heavy atom. The van der Waals surface area contributed by atoms with Gasteiger partial charge in [-0.25, -0.2) is 0 Å². The number of nitrogens with zero attached hydrogens (tertiary/aromatic N) is 1. The number of amides is 1. The average Bonchev–Trinajstić information content (AvgIpc) is 2.79. The van der Waals surface area contributed by atoms with E-state index in [0.29, 0.717) is 21.8 Å². The molecule has 1 aliphatic rings. The summed E-state index contributed by atoms with van der Waals surface area (Å²) < 4.78 is 5.78. The van der Waals surface area contributed by atoms with E-state index >= 15 is 0 Å². The van der Waals surface area contributed by atoms with Crippen molar-refractivity contribution in [2.24, 2.45) is 17.8 Å². The van der Waals surface area contributed by atoms with Crippen molar-refractivity contribution in [2.75, 3.05) is 25.2 Å². The molecule has 1 heterocycles. The molecule has 108 valence electrons. The van der Waals surface area contributed by atoms with Crippen LogP contribution in [-0.2, 0) is 9.53 Å². The van der Waals surface area contributed by atoms with Crippen LogP contribution >= 0.6 is 0 Å². The second-order valence-electron chi connectivity index (χ2n) is 5.37. The molecule has 3 unspecified atom stereocenters. The Balaban J connectivity index is 2.65. The molecule has 0 aromatic heterocycles. The van der Waals surface area contributed by atoms with Crippen LogP contribution in [0.3, 0.4) is 0 Å². The molecule has 1 saturated heterocycles. The number of rotatable bonds is 6. The van der Waals surface area contributed by atoms with Gasteiger partial charge in [0, 0.05) is 0 Å². The molecule has 3 nitrogen and oxygen atoms in total. The number of carbonyl (C=O) groups excluding carboxylic acids is 1. The Bertz CT molecular complexity index is 273. The van der Waals surface area contributed by atoms with Crippen LogP contribution in [0, 0.1) is 17.8 Å². The van der Waals surface area contributed by atoms with Crippen LogP contribution in [0.25, 0.3) is 0 Å². The third kappa shape index (κ3) is 3.83. The maximum atomic E-state index is 12.6. The number of hydrogen-bond donors (Lipinski definition) is 0. The molecule has 18 heavy (non-hydrogen) atoms. The van der Waals surface area contributed by atoms with Gasteiger partial charge in [-0.2, -0.15) is 0 Å². The summed E-state index contributed by atoms with van der Waals surface area (Å²) in [6, 6.07) is 0. The molecule has 1 aliphatic heterocycles. The summed E-state index contributed by atoms with van der Waals surface area (Å²) in [6.07, 6.45) is 2.23. The van der Waals surface area contributed by atoms with Crippen molar-refractivity contribution in [2.45, 2.75) is 37.7 Å². The zero-order valence-corrected chi connectivity index (χ0v) is 14.4. The zero-order valence-electron chi connectivity index (χ0n) is 12.3. The Morgan fingerprint density at radius 2 is 2.17 bits per heavy atom. The van der Waals surface area contributed by atoms with E-state index < -0.39 is 0 Å². The Labute approximate surface area is 122 Å². The molecule has 0 bridgehead atoms. The van der Waals surface area contributed by atoms with Crippen molar-refractivity contribution in [3.8, 4) is 0 Å². The van der Waals surface area contributed by atoms with Crippen molar-refractivity contribution in [3.63, 3.8) is 0 Å². The fourth-order valence-electron chi connectivity index (χ4n) is 2.52. The van der Waals surface area contributed by atoms with Crippen LogP contribution in [0.4, 0.5) is 0 Å². The number of likely N-dealkylation sites (tertiary alicyclic amines) is 1. The Kier molecular flexibility index (Phi) is 6.92. The topological polar surface area (TPSA) is 29.5 Å². The molecule has 0 aromatic rings. The van der Waals surface area contributed by atoms with Gasteiger partial charge in [-0.3, -0.25) is 0 Å². The van der Waals surface area contributed by atoms with Gasteiger partial charge in [0.25, 0.3) is 0 Å². The molecule has 0 saturated carbocycles. The van der Waals surface area contributed by atoms with Crippen LogP contribution < -0.4 is 21.2 Å². The van der Waals surface area contributed by atoms with E-state index in [2.05, 4.69) is 30.6 Å². The number of alkyl halides is 2. The second kappa shape index (κ2) is 7.68. The summed E-state index contributed by atoms with van der Waals surface area (Å²) in [7, 11) is 1.75. The molecule has 0 spiro atoms. The summed E-state index contributed by atoms with van der Waals surface area (Å²) >= 11 is 0.0912. The molecule has 0 aromatic carbocycles. The number of halogens is 1. The molecular weight excluding hydrogens is 341 g/mol. The van der Waals surface area contributed by atoms with E-state index in [1.807, 2.05) is 0 Å². The van der Waals surface area contributed by atoms with Crippen molar-refractivity contribution in [3.05, 3.63) is 0 Å². The molecular formula is C14H27INO2-. The summed E-state index contributed by atoms with van der Waals surface area (Å²) in [6.45, 7) is 8.14. The fourth-order valence-corrected chi connectivity index (χ4v) is 4.92. The van der Waals surface area contributed by atoms with E-state index in [4.69, 9.17) is 4.74 Å².